The van der Waals surface area contributed by atoms with Gasteiger partial charge in [0.2, 0.25) is 0 Å². The number of hydrogen-bond donors (Lipinski definition) is 0. The Bertz CT molecular complexity index is 593. The van der Waals surface area contributed by atoms with Gasteiger partial charge < -0.3 is 9.32 Å². The lowest BCUT2D eigenvalue weighted by atomic mass is 9.98. The first kappa shape index (κ1) is 14.3. The number of hydrogen-bond acceptors (Lipinski definition) is 2. The fourth-order valence-corrected chi connectivity index (χ4v) is 2.03. The zero-order valence-corrected chi connectivity index (χ0v) is 11.9. The highest BCUT2D eigenvalue weighted by Crippen LogP contribution is 2.26. The van der Waals surface area contributed by atoms with Crippen molar-refractivity contribution in [3.8, 4) is 0 Å². The third-order valence-electron chi connectivity index (χ3n) is 3.59. The molecule has 1 aromatic heterocycles. The van der Waals surface area contributed by atoms with Crippen LogP contribution in [0.25, 0.3) is 0 Å². The van der Waals surface area contributed by atoms with Crippen LogP contribution in [-0.4, -0.2) is 13.0 Å². The van der Waals surface area contributed by atoms with Crippen molar-refractivity contribution in [1.82, 2.24) is 0 Å². The lowest BCUT2D eigenvalue weighted by Crippen LogP contribution is -2.26. The summed E-state index contributed by atoms with van der Waals surface area (Å²) in [6.45, 7) is 4.11. The Hall–Kier alpha value is -2.10. The molecule has 4 heteroatoms. The lowest BCUT2D eigenvalue weighted by Gasteiger charge is -2.19. The zero-order valence-electron chi connectivity index (χ0n) is 11.9. The monoisotopic (exact) mass is 275 g/mol. The normalized spacial score (nSPS) is 12.2. The van der Waals surface area contributed by atoms with Crippen LogP contribution in [0.3, 0.4) is 0 Å². The van der Waals surface area contributed by atoms with Gasteiger partial charge in [0, 0.05) is 7.05 Å². The highest BCUT2D eigenvalue weighted by atomic mass is 19.1. The van der Waals surface area contributed by atoms with Crippen LogP contribution < -0.4 is 4.90 Å². The summed E-state index contributed by atoms with van der Waals surface area (Å²) < 4.78 is 19.1. The topological polar surface area (TPSA) is 33.5 Å². The molecule has 0 aliphatic rings. The van der Waals surface area contributed by atoms with Gasteiger partial charge in [0.25, 0.3) is 5.91 Å². The molecule has 1 heterocycles. The highest BCUT2D eigenvalue weighted by molar-refractivity contribution is 6.05. The minimum Gasteiger partial charge on any atom is -0.472 e. The van der Waals surface area contributed by atoms with E-state index in [-0.39, 0.29) is 17.4 Å². The maximum Gasteiger partial charge on any atom is 0.261 e. The quantitative estimate of drug-likeness (QED) is 0.837. The molecule has 0 N–H and O–H groups in total. The predicted molar refractivity (Wildman–Crippen MR) is 76.5 cm³/mol. The van der Waals surface area contributed by atoms with Gasteiger partial charge in [-0.05, 0) is 36.1 Å². The first-order valence-electron chi connectivity index (χ1n) is 6.64. The largest absolute Gasteiger partial charge is 0.472 e. The van der Waals surface area contributed by atoms with Crippen molar-refractivity contribution in [3.63, 3.8) is 0 Å². The fraction of sp³-hybridized carbons (Fsp3) is 0.312. The van der Waals surface area contributed by atoms with Gasteiger partial charge in [-0.1, -0.05) is 19.9 Å². The Kier molecular flexibility index (Phi) is 4.23. The predicted octanol–water partition coefficient (Wildman–Crippen LogP) is 4.21. The van der Waals surface area contributed by atoms with E-state index in [9.17, 15) is 9.18 Å². The maximum atomic E-state index is 14.2. The molecule has 0 fully saturated rings. The SMILES string of the molecule is CCC(C)c1ccc(N(C)C(=O)c2ccoc2)c(F)c1. The average molecular weight is 275 g/mol. The molecule has 1 unspecified atom stereocenters. The smallest absolute Gasteiger partial charge is 0.261 e. The molecule has 1 amide bonds. The molecule has 0 aliphatic carbocycles. The Balaban J connectivity index is 2.27. The van der Waals surface area contributed by atoms with E-state index in [4.69, 9.17) is 4.42 Å². The Labute approximate surface area is 118 Å². The summed E-state index contributed by atoms with van der Waals surface area (Å²) in [5.74, 6) is -0.385. The number of carbonyl (C=O) groups is 1. The summed E-state index contributed by atoms with van der Waals surface area (Å²) >= 11 is 0. The summed E-state index contributed by atoms with van der Waals surface area (Å²) in [5.41, 5.74) is 1.61. The van der Waals surface area contributed by atoms with Crippen molar-refractivity contribution in [2.45, 2.75) is 26.2 Å². The van der Waals surface area contributed by atoms with Crippen LogP contribution in [0.4, 0.5) is 10.1 Å². The van der Waals surface area contributed by atoms with Gasteiger partial charge in [-0.25, -0.2) is 4.39 Å². The van der Waals surface area contributed by atoms with Gasteiger partial charge in [0.15, 0.2) is 0 Å². The van der Waals surface area contributed by atoms with Gasteiger partial charge in [-0.3, -0.25) is 4.79 Å². The number of rotatable bonds is 4. The summed E-state index contributed by atoms with van der Waals surface area (Å²) in [5, 5.41) is 0. The van der Waals surface area contributed by atoms with Crippen molar-refractivity contribution in [3.05, 3.63) is 53.7 Å². The van der Waals surface area contributed by atoms with E-state index in [1.807, 2.05) is 6.07 Å². The van der Waals surface area contributed by atoms with E-state index in [1.165, 1.54) is 23.5 Å². The van der Waals surface area contributed by atoms with Crippen LogP contribution >= 0.6 is 0 Å². The minimum atomic E-state index is -0.387. The third-order valence-corrected chi connectivity index (χ3v) is 3.59. The van der Waals surface area contributed by atoms with Gasteiger partial charge >= 0.3 is 0 Å². The summed E-state index contributed by atoms with van der Waals surface area (Å²) in [6.07, 6.45) is 3.72. The van der Waals surface area contributed by atoms with Crippen molar-refractivity contribution < 1.29 is 13.6 Å². The number of carbonyl (C=O) groups excluding carboxylic acids is 1. The standard InChI is InChI=1S/C16H18FNO2/c1-4-11(2)12-5-6-15(14(17)9-12)18(3)16(19)13-7-8-20-10-13/h5-11H,4H2,1-3H3. The van der Waals surface area contributed by atoms with Crippen LogP contribution in [0.15, 0.2) is 41.2 Å². The molecule has 0 bridgehead atoms. The Morgan fingerprint density at radius 3 is 2.70 bits per heavy atom. The molecule has 1 aromatic carbocycles. The molecule has 0 saturated carbocycles. The molecule has 0 spiro atoms. The summed E-state index contributed by atoms with van der Waals surface area (Å²) in [4.78, 5) is 13.4. The molecule has 0 aliphatic heterocycles. The van der Waals surface area contributed by atoms with E-state index in [2.05, 4.69) is 13.8 Å². The maximum absolute atomic E-state index is 14.2. The molecule has 2 rings (SSSR count). The van der Waals surface area contributed by atoms with Crippen LogP contribution in [0.2, 0.25) is 0 Å². The van der Waals surface area contributed by atoms with Gasteiger partial charge in [0.1, 0.15) is 12.1 Å². The van der Waals surface area contributed by atoms with E-state index in [1.54, 1.807) is 19.2 Å². The molecule has 0 saturated heterocycles. The molecule has 20 heavy (non-hydrogen) atoms. The molecule has 106 valence electrons. The Morgan fingerprint density at radius 2 is 2.15 bits per heavy atom. The van der Waals surface area contributed by atoms with Crippen LogP contribution in [0, 0.1) is 5.82 Å². The number of halogens is 1. The average Bonchev–Trinajstić information content (AvgIpc) is 2.99. The van der Waals surface area contributed by atoms with E-state index in [0.29, 0.717) is 11.5 Å². The van der Waals surface area contributed by atoms with Crippen molar-refractivity contribution in [1.29, 1.82) is 0 Å². The van der Waals surface area contributed by atoms with Crippen molar-refractivity contribution in [2.75, 3.05) is 11.9 Å². The number of benzene rings is 1. The second-order valence-corrected chi connectivity index (χ2v) is 4.90. The molecular weight excluding hydrogens is 257 g/mol. The van der Waals surface area contributed by atoms with E-state index in [0.717, 1.165) is 12.0 Å². The number of furan rings is 1. The molecule has 1 atom stereocenters. The Morgan fingerprint density at radius 1 is 1.40 bits per heavy atom. The second kappa shape index (κ2) is 5.90. The third kappa shape index (κ3) is 2.74. The van der Waals surface area contributed by atoms with Crippen molar-refractivity contribution >= 4 is 11.6 Å². The number of amides is 1. The van der Waals surface area contributed by atoms with Crippen LogP contribution in [0.5, 0.6) is 0 Å². The first-order valence-corrected chi connectivity index (χ1v) is 6.64. The number of nitrogens with zero attached hydrogens (tertiary/aromatic N) is 1. The lowest BCUT2D eigenvalue weighted by molar-refractivity contribution is 0.0991. The minimum absolute atomic E-state index is 0.267. The molecule has 3 nitrogen and oxygen atoms in total. The number of anilines is 1. The fourth-order valence-electron chi connectivity index (χ4n) is 2.03. The van der Waals surface area contributed by atoms with Gasteiger partial charge in [0.05, 0.1) is 17.5 Å². The van der Waals surface area contributed by atoms with Crippen LogP contribution in [-0.2, 0) is 0 Å². The van der Waals surface area contributed by atoms with E-state index < -0.39 is 0 Å². The first-order chi connectivity index (χ1) is 9.54. The molecule has 0 radical (unpaired) electrons. The summed E-state index contributed by atoms with van der Waals surface area (Å²) in [7, 11) is 1.55. The second-order valence-electron chi connectivity index (χ2n) is 4.90. The van der Waals surface area contributed by atoms with Crippen molar-refractivity contribution in [2.24, 2.45) is 0 Å². The van der Waals surface area contributed by atoms with E-state index >= 15 is 0 Å². The highest BCUT2D eigenvalue weighted by Gasteiger charge is 2.18. The molecule has 2 aromatic rings. The van der Waals surface area contributed by atoms with Gasteiger partial charge in [-0.2, -0.15) is 0 Å². The molecular formula is C16H18FNO2. The summed E-state index contributed by atoms with van der Waals surface area (Å²) in [6, 6.07) is 6.58. The van der Waals surface area contributed by atoms with Gasteiger partial charge in [-0.15, -0.1) is 0 Å². The zero-order chi connectivity index (χ0) is 14.7. The van der Waals surface area contributed by atoms with Crippen LogP contribution in [0.1, 0.15) is 42.1 Å².